The summed E-state index contributed by atoms with van der Waals surface area (Å²) in [6.45, 7) is 5.96. The lowest BCUT2D eigenvalue weighted by atomic mass is 9.85. The Kier molecular flexibility index (Phi) is 15.1. The van der Waals surface area contributed by atoms with Crippen LogP contribution in [0.5, 0.6) is 11.5 Å². The molecule has 2 saturated carbocycles. The Morgan fingerprint density at radius 2 is 1.38 bits per heavy atom. The second-order valence-corrected chi connectivity index (χ2v) is 19.9. The second-order valence-electron chi connectivity index (χ2n) is 19.5. The third kappa shape index (κ3) is 10.9. The minimum absolute atomic E-state index is 0.0601. The number of carbonyl (C=O) groups excluding carboxylic acids is 1. The number of pyridine rings is 1. The molecule has 3 aromatic carbocycles. The van der Waals surface area contributed by atoms with Gasteiger partial charge in [-0.25, -0.2) is 33.1 Å². The zero-order chi connectivity index (χ0) is 50.9. The van der Waals surface area contributed by atoms with Crippen LogP contribution < -0.4 is 14.4 Å². The smallest absolute Gasteiger partial charge is 0.420 e. The molecule has 2 fully saturated rings. The van der Waals surface area contributed by atoms with Crippen LogP contribution in [0.25, 0.3) is 38.8 Å². The summed E-state index contributed by atoms with van der Waals surface area (Å²) in [6.07, 6.45) is 4.61. The summed E-state index contributed by atoms with van der Waals surface area (Å²) in [7, 11) is 7.15. The number of hydrogen-bond donors (Lipinski definition) is 2. The number of carbonyl (C=O) groups is 3. The number of halogens is 3. The Labute approximate surface area is 415 Å². The first kappa shape index (κ1) is 50.9. The number of alkyl halides is 2. The molecule has 2 aliphatic rings. The summed E-state index contributed by atoms with van der Waals surface area (Å²) in [4.78, 5) is 56.1. The van der Waals surface area contributed by atoms with E-state index in [0.29, 0.717) is 96.4 Å². The number of benzene rings is 3. The molecule has 2 aliphatic carbocycles. The van der Waals surface area contributed by atoms with Gasteiger partial charge in [0.05, 0.1) is 65.2 Å². The number of aliphatic carboxylic acids is 2. The molecule has 0 saturated heterocycles. The van der Waals surface area contributed by atoms with Gasteiger partial charge in [-0.1, -0.05) is 35.9 Å². The number of methoxy groups -OCH3 is 2. The molecule has 376 valence electrons. The van der Waals surface area contributed by atoms with Crippen molar-refractivity contribution in [1.29, 1.82) is 0 Å². The first-order chi connectivity index (χ1) is 33.8. The Morgan fingerprint density at radius 1 is 0.803 bits per heavy atom. The van der Waals surface area contributed by atoms with Gasteiger partial charge in [0, 0.05) is 54.5 Å². The molecule has 71 heavy (non-hydrogen) atoms. The average Bonchev–Trinajstić information content (AvgIpc) is 3.78. The van der Waals surface area contributed by atoms with Gasteiger partial charge in [0.25, 0.3) is 6.43 Å². The lowest BCUT2D eigenvalue weighted by Crippen LogP contribution is -2.36. The largest absolute Gasteiger partial charge is 0.496 e. The van der Waals surface area contributed by atoms with Crippen LogP contribution in [0.1, 0.15) is 95.5 Å². The molecule has 0 radical (unpaired) electrons. The Balaban J connectivity index is 1.15. The summed E-state index contributed by atoms with van der Waals surface area (Å²) in [5.74, 6) is -2.10. The van der Waals surface area contributed by atoms with Crippen LogP contribution in [0, 0.1) is 11.8 Å². The highest BCUT2D eigenvalue weighted by Gasteiger charge is 2.34. The highest BCUT2D eigenvalue weighted by Crippen LogP contribution is 2.44. The number of aromatic nitrogens is 5. The van der Waals surface area contributed by atoms with Crippen molar-refractivity contribution in [3.05, 3.63) is 89.0 Å². The number of anilines is 2. The molecule has 0 aliphatic heterocycles. The van der Waals surface area contributed by atoms with Crippen molar-refractivity contribution in [3.63, 3.8) is 0 Å². The van der Waals surface area contributed by atoms with E-state index in [1.54, 1.807) is 76.3 Å². The lowest BCUT2D eigenvalue weighted by Gasteiger charge is -2.34. The SMILES string of the molecule is COc1cc(-n2ncc3c(-c4cccc(N(C(=O)OC(C)(C)C)c5nc(C(F)F)nc6cc(CN(C)C7CCC(C(=O)O)CC7)cnc56)c4Cl)cccc32)cc(OC)c1CN(C)C1CCC(C(=O)O)CC1. The van der Waals surface area contributed by atoms with E-state index in [9.17, 15) is 33.4 Å². The second kappa shape index (κ2) is 21.1. The van der Waals surface area contributed by atoms with Crippen molar-refractivity contribution < 1.29 is 47.6 Å². The van der Waals surface area contributed by atoms with Crippen molar-refractivity contribution in [2.24, 2.45) is 11.8 Å². The summed E-state index contributed by atoms with van der Waals surface area (Å²) in [5.41, 5.74) is 3.25. The van der Waals surface area contributed by atoms with Gasteiger partial charge in [-0.05, 0) is 116 Å². The van der Waals surface area contributed by atoms with E-state index in [4.69, 9.17) is 30.9 Å². The Morgan fingerprint density at radius 3 is 1.94 bits per heavy atom. The third-order valence-electron chi connectivity index (χ3n) is 13.7. The maximum atomic E-state index is 14.8. The Hall–Kier alpha value is -6.50. The number of amides is 1. The molecule has 3 aromatic heterocycles. The predicted molar refractivity (Wildman–Crippen MR) is 265 cm³/mol. The summed E-state index contributed by atoms with van der Waals surface area (Å²) >= 11 is 7.39. The molecule has 19 heteroatoms. The molecule has 16 nitrogen and oxygen atoms in total. The normalized spacial score (nSPS) is 18.6. The van der Waals surface area contributed by atoms with Gasteiger partial charge < -0.3 is 24.4 Å². The molecule has 0 bridgehead atoms. The van der Waals surface area contributed by atoms with Crippen LogP contribution >= 0.6 is 11.6 Å². The number of hydrogen-bond acceptors (Lipinski definition) is 12. The van der Waals surface area contributed by atoms with Gasteiger partial charge in [0.15, 0.2) is 11.6 Å². The fraction of sp³-hybridized carbons (Fsp3) is 0.442. The van der Waals surface area contributed by atoms with E-state index < -0.39 is 35.9 Å². The van der Waals surface area contributed by atoms with Gasteiger partial charge >= 0.3 is 18.0 Å². The number of carboxylic acids is 2. The summed E-state index contributed by atoms with van der Waals surface area (Å²) in [5, 5.41) is 24.6. The summed E-state index contributed by atoms with van der Waals surface area (Å²) in [6, 6.07) is 16.5. The number of ether oxygens (including phenoxy) is 3. The van der Waals surface area contributed by atoms with E-state index in [2.05, 4.69) is 24.8 Å². The fourth-order valence-electron chi connectivity index (χ4n) is 9.97. The van der Waals surface area contributed by atoms with Gasteiger partial charge in [-0.2, -0.15) is 5.10 Å². The highest BCUT2D eigenvalue weighted by molar-refractivity contribution is 6.37. The molecule has 8 rings (SSSR count). The van der Waals surface area contributed by atoms with Crippen molar-refractivity contribution in [1.82, 2.24) is 34.5 Å². The number of nitrogens with zero attached hydrogens (tertiary/aromatic N) is 8. The Bertz CT molecular complexity index is 2920. The van der Waals surface area contributed by atoms with Gasteiger partial charge in [-0.15, -0.1) is 0 Å². The van der Waals surface area contributed by atoms with Crippen LogP contribution in [-0.4, -0.2) is 109 Å². The zero-order valence-corrected chi connectivity index (χ0v) is 41.6. The van der Waals surface area contributed by atoms with Gasteiger partial charge in [-0.3, -0.25) is 24.4 Å². The molecule has 0 unspecified atom stereocenters. The van der Waals surface area contributed by atoms with E-state index in [-0.39, 0.29) is 51.5 Å². The van der Waals surface area contributed by atoms with E-state index in [1.165, 1.54) is 0 Å². The lowest BCUT2D eigenvalue weighted by molar-refractivity contribution is -0.144. The minimum Gasteiger partial charge on any atom is -0.496 e. The maximum absolute atomic E-state index is 14.8. The van der Waals surface area contributed by atoms with Crippen molar-refractivity contribution >= 4 is 63.1 Å². The topological polar surface area (TPSA) is 186 Å². The van der Waals surface area contributed by atoms with Crippen LogP contribution in [0.4, 0.5) is 25.1 Å². The van der Waals surface area contributed by atoms with Crippen LogP contribution in [0.2, 0.25) is 5.02 Å². The van der Waals surface area contributed by atoms with Crippen molar-refractivity contribution in [2.75, 3.05) is 33.2 Å². The van der Waals surface area contributed by atoms with Gasteiger partial charge in [0.1, 0.15) is 22.6 Å². The molecule has 3 heterocycles. The summed E-state index contributed by atoms with van der Waals surface area (Å²) < 4.78 is 49.1. The van der Waals surface area contributed by atoms with Crippen LogP contribution in [0.3, 0.4) is 0 Å². The molecular weight excluding hydrogens is 938 g/mol. The van der Waals surface area contributed by atoms with E-state index >= 15 is 0 Å². The monoisotopic (exact) mass is 996 g/mol. The zero-order valence-electron chi connectivity index (χ0n) is 40.9. The highest BCUT2D eigenvalue weighted by atomic mass is 35.5. The minimum atomic E-state index is -3.11. The third-order valence-corrected chi connectivity index (χ3v) is 14.1. The molecular formula is C52H59ClF2N8O8. The molecule has 2 N–H and O–H groups in total. The van der Waals surface area contributed by atoms with E-state index in [0.717, 1.165) is 23.3 Å². The van der Waals surface area contributed by atoms with Crippen LogP contribution in [0.15, 0.2) is 67.0 Å². The van der Waals surface area contributed by atoms with E-state index in [1.807, 2.05) is 44.4 Å². The number of rotatable bonds is 15. The fourth-order valence-corrected chi connectivity index (χ4v) is 10.3. The first-order valence-corrected chi connectivity index (χ1v) is 24.1. The van der Waals surface area contributed by atoms with Crippen LogP contribution in [-0.2, 0) is 27.4 Å². The van der Waals surface area contributed by atoms with Crippen molar-refractivity contribution in [2.45, 2.75) is 109 Å². The quantitative estimate of drug-likeness (QED) is 0.0990. The number of carboxylic acid groups (broad SMARTS) is 2. The predicted octanol–water partition coefficient (Wildman–Crippen LogP) is 10.9. The molecule has 6 aromatic rings. The first-order valence-electron chi connectivity index (χ1n) is 23.7. The average molecular weight is 998 g/mol. The number of fused-ring (bicyclic) bond motifs is 2. The van der Waals surface area contributed by atoms with Crippen molar-refractivity contribution in [3.8, 4) is 28.3 Å². The molecule has 1 amide bonds. The standard InChI is InChI=1S/C52H59ClF2N8O8/c1-52(2,3)71-51(68)62(48-45-39(58-47(59-48)46(54)55)22-29(25-56-45)27-60(4)32-18-14-30(15-19-32)49(64)65)41-13-9-11-36(44(41)53)35-10-8-12-40-37(35)26-57-63(40)34-23-42(69-6)38(43(24-34)70-7)28-61(5)33-20-16-31(17-21-33)50(66)67/h8-13,22-26,30-33,46H,14-21,27-28H2,1-7H3,(H,64,65)(H,66,67). The maximum Gasteiger partial charge on any atom is 0.420 e. The molecule has 0 spiro atoms. The van der Waals surface area contributed by atoms with Gasteiger partial charge in [0.2, 0.25) is 0 Å². The molecule has 0 atom stereocenters.